The number of aliphatic hydroxyl groups is 1. The molecule has 1 aliphatic carbocycles. The van der Waals surface area contributed by atoms with E-state index in [1.807, 2.05) is 51.2 Å². The highest BCUT2D eigenvalue weighted by Gasteiger charge is 2.32. The molecule has 7 nitrogen and oxygen atoms in total. The molecule has 0 saturated heterocycles. The Morgan fingerprint density at radius 1 is 1.30 bits per heavy atom. The summed E-state index contributed by atoms with van der Waals surface area (Å²) in [4.78, 5) is 22.1. The zero-order chi connectivity index (χ0) is 21.3. The van der Waals surface area contributed by atoms with Crippen LogP contribution in [-0.4, -0.2) is 31.8 Å². The zero-order valence-electron chi connectivity index (χ0n) is 17.8. The third kappa shape index (κ3) is 4.31. The third-order valence-electron chi connectivity index (χ3n) is 5.85. The van der Waals surface area contributed by atoms with Crippen LogP contribution < -0.4 is 16.2 Å². The molecule has 1 fully saturated rings. The van der Waals surface area contributed by atoms with E-state index >= 15 is 0 Å². The molecule has 158 valence electrons. The molecular weight excluding hydrogens is 378 g/mol. The average Bonchev–Trinajstić information content (AvgIpc) is 3.05. The number of hydrogen-bond donors (Lipinski definition) is 3. The van der Waals surface area contributed by atoms with Crippen molar-refractivity contribution in [3.05, 3.63) is 52.6 Å². The summed E-state index contributed by atoms with van der Waals surface area (Å²) in [5, 5.41) is 18.3. The lowest BCUT2D eigenvalue weighted by Gasteiger charge is -2.18. The minimum absolute atomic E-state index is 0.0522. The lowest BCUT2D eigenvalue weighted by Crippen LogP contribution is -2.23. The smallest absolute Gasteiger partial charge is 0.262 e. The van der Waals surface area contributed by atoms with Crippen LogP contribution in [0.1, 0.15) is 38.7 Å². The summed E-state index contributed by atoms with van der Waals surface area (Å²) in [6.45, 7) is 7.13. The van der Waals surface area contributed by atoms with E-state index in [2.05, 4.69) is 15.6 Å². The Hall–Kier alpha value is -2.93. The Morgan fingerprint density at radius 3 is 2.83 bits per heavy atom. The summed E-state index contributed by atoms with van der Waals surface area (Å²) < 4.78 is 1.69. The predicted octanol–water partition coefficient (Wildman–Crippen LogP) is 3.83. The molecule has 0 amide bonds. The summed E-state index contributed by atoms with van der Waals surface area (Å²) in [7, 11) is 0. The van der Waals surface area contributed by atoms with Crippen molar-refractivity contribution in [3.63, 3.8) is 0 Å². The van der Waals surface area contributed by atoms with Crippen LogP contribution in [-0.2, 0) is 6.54 Å². The SMILES string of the molecule is CCn1ccc2cc(Nc3cc(C)ccn3)nc(NC[C@H]3CC[C@@](C)(O)C3)c2c1=O. The minimum Gasteiger partial charge on any atom is -0.390 e. The molecular formula is C23H29N5O2. The van der Waals surface area contributed by atoms with Gasteiger partial charge < -0.3 is 20.3 Å². The van der Waals surface area contributed by atoms with E-state index in [-0.39, 0.29) is 5.56 Å². The summed E-state index contributed by atoms with van der Waals surface area (Å²) in [6.07, 6.45) is 6.09. The minimum atomic E-state index is -0.600. The van der Waals surface area contributed by atoms with E-state index in [0.717, 1.165) is 30.2 Å². The van der Waals surface area contributed by atoms with Crippen molar-refractivity contribution in [2.75, 3.05) is 17.2 Å². The molecule has 1 aliphatic rings. The van der Waals surface area contributed by atoms with E-state index in [9.17, 15) is 9.90 Å². The van der Waals surface area contributed by atoms with Gasteiger partial charge in [-0.05, 0) is 81.2 Å². The molecule has 3 heterocycles. The number of anilines is 3. The van der Waals surface area contributed by atoms with Crippen LogP contribution in [0.25, 0.3) is 10.8 Å². The highest BCUT2D eigenvalue weighted by Crippen LogP contribution is 2.34. The maximum absolute atomic E-state index is 13.0. The Balaban J connectivity index is 1.69. The van der Waals surface area contributed by atoms with Gasteiger partial charge in [0.05, 0.1) is 11.0 Å². The fraction of sp³-hybridized carbons (Fsp3) is 0.435. The molecule has 3 aromatic heterocycles. The van der Waals surface area contributed by atoms with Crippen LogP contribution >= 0.6 is 0 Å². The molecule has 0 radical (unpaired) electrons. The van der Waals surface area contributed by atoms with E-state index in [4.69, 9.17) is 4.98 Å². The average molecular weight is 408 g/mol. The van der Waals surface area contributed by atoms with Gasteiger partial charge in [0.15, 0.2) is 0 Å². The third-order valence-corrected chi connectivity index (χ3v) is 5.85. The second-order valence-electron chi connectivity index (χ2n) is 8.56. The Morgan fingerprint density at radius 2 is 2.13 bits per heavy atom. The van der Waals surface area contributed by atoms with Crippen LogP contribution in [0, 0.1) is 12.8 Å². The van der Waals surface area contributed by atoms with Gasteiger partial charge in [-0.3, -0.25) is 4.79 Å². The van der Waals surface area contributed by atoms with Crippen molar-refractivity contribution >= 4 is 28.2 Å². The molecule has 0 aliphatic heterocycles. The highest BCUT2D eigenvalue weighted by molar-refractivity contribution is 5.93. The van der Waals surface area contributed by atoms with E-state index in [0.29, 0.717) is 41.8 Å². The molecule has 3 aromatic rings. The fourth-order valence-corrected chi connectivity index (χ4v) is 4.24. The van der Waals surface area contributed by atoms with Crippen molar-refractivity contribution < 1.29 is 5.11 Å². The van der Waals surface area contributed by atoms with Crippen LogP contribution in [0.2, 0.25) is 0 Å². The van der Waals surface area contributed by atoms with Gasteiger partial charge in [-0.25, -0.2) is 9.97 Å². The predicted molar refractivity (Wildman–Crippen MR) is 120 cm³/mol. The first-order valence-corrected chi connectivity index (χ1v) is 10.5. The van der Waals surface area contributed by atoms with Gasteiger partial charge in [-0.2, -0.15) is 0 Å². The number of rotatable bonds is 6. The molecule has 0 aromatic carbocycles. The van der Waals surface area contributed by atoms with Gasteiger partial charge in [-0.15, -0.1) is 0 Å². The largest absolute Gasteiger partial charge is 0.390 e. The number of fused-ring (bicyclic) bond motifs is 1. The highest BCUT2D eigenvalue weighted by atomic mass is 16.3. The number of aromatic nitrogens is 3. The molecule has 0 spiro atoms. The van der Waals surface area contributed by atoms with Gasteiger partial charge in [0.25, 0.3) is 5.56 Å². The monoisotopic (exact) mass is 407 g/mol. The van der Waals surface area contributed by atoms with Crippen molar-refractivity contribution in [2.45, 2.75) is 52.2 Å². The molecule has 4 rings (SSSR count). The summed E-state index contributed by atoms with van der Waals surface area (Å²) in [5.74, 6) is 2.27. The van der Waals surface area contributed by atoms with Crippen LogP contribution in [0.3, 0.4) is 0 Å². The molecule has 1 saturated carbocycles. The molecule has 0 bridgehead atoms. The quantitative estimate of drug-likeness (QED) is 0.575. The zero-order valence-corrected chi connectivity index (χ0v) is 17.8. The van der Waals surface area contributed by atoms with Gasteiger partial charge in [-0.1, -0.05) is 0 Å². The number of pyridine rings is 3. The van der Waals surface area contributed by atoms with Crippen LogP contribution in [0.15, 0.2) is 41.5 Å². The normalized spacial score (nSPS) is 21.1. The number of aryl methyl sites for hydroxylation is 2. The Bertz CT molecular complexity index is 1120. The molecule has 2 atom stereocenters. The number of nitrogens with zero attached hydrogens (tertiary/aromatic N) is 3. The second-order valence-corrected chi connectivity index (χ2v) is 8.56. The van der Waals surface area contributed by atoms with Crippen molar-refractivity contribution in [1.29, 1.82) is 0 Å². The topological polar surface area (TPSA) is 92.1 Å². The molecule has 3 N–H and O–H groups in total. The van der Waals surface area contributed by atoms with Gasteiger partial charge in [0, 0.05) is 25.5 Å². The van der Waals surface area contributed by atoms with Crippen molar-refractivity contribution in [3.8, 4) is 0 Å². The molecule has 30 heavy (non-hydrogen) atoms. The van der Waals surface area contributed by atoms with E-state index < -0.39 is 5.60 Å². The molecule has 7 heteroatoms. The first-order chi connectivity index (χ1) is 14.3. The van der Waals surface area contributed by atoms with E-state index in [1.54, 1.807) is 10.8 Å². The summed E-state index contributed by atoms with van der Waals surface area (Å²) in [6, 6.07) is 7.72. The number of nitrogens with one attached hydrogen (secondary N) is 2. The lowest BCUT2D eigenvalue weighted by molar-refractivity contribution is 0.0641. The Labute approximate surface area is 176 Å². The summed E-state index contributed by atoms with van der Waals surface area (Å²) >= 11 is 0. The van der Waals surface area contributed by atoms with Gasteiger partial charge in [0.2, 0.25) is 0 Å². The van der Waals surface area contributed by atoms with Crippen LogP contribution in [0.4, 0.5) is 17.5 Å². The van der Waals surface area contributed by atoms with Gasteiger partial charge >= 0.3 is 0 Å². The summed E-state index contributed by atoms with van der Waals surface area (Å²) in [5.41, 5.74) is 0.450. The lowest BCUT2D eigenvalue weighted by atomic mass is 10.0. The second kappa shape index (κ2) is 8.07. The molecule has 0 unspecified atom stereocenters. The maximum atomic E-state index is 13.0. The van der Waals surface area contributed by atoms with Crippen molar-refractivity contribution in [2.24, 2.45) is 5.92 Å². The first-order valence-electron chi connectivity index (χ1n) is 10.5. The Kier molecular flexibility index (Phi) is 5.47. The van der Waals surface area contributed by atoms with Crippen LogP contribution in [0.5, 0.6) is 0 Å². The van der Waals surface area contributed by atoms with Gasteiger partial charge in [0.1, 0.15) is 17.5 Å². The number of hydrogen-bond acceptors (Lipinski definition) is 6. The first kappa shape index (κ1) is 20.3. The van der Waals surface area contributed by atoms with Crippen molar-refractivity contribution in [1.82, 2.24) is 14.5 Å². The fourth-order valence-electron chi connectivity index (χ4n) is 4.24. The van der Waals surface area contributed by atoms with E-state index in [1.165, 1.54) is 0 Å². The maximum Gasteiger partial charge on any atom is 0.262 e. The standard InChI is InChI=1S/C23H29N5O2/c1-4-28-10-7-17-12-19(26-18-11-15(2)6-9-24-18)27-21(20(17)22(28)29)25-14-16-5-8-23(3,30)13-16/h6-7,9-12,16,30H,4-5,8,13-14H2,1-3H3,(H2,24,25,26,27)/t16-,23+/m0/s1.